The van der Waals surface area contributed by atoms with Crippen LogP contribution >= 0.6 is 22.6 Å². The quantitative estimate of drug-likeness (QED) is 0.772. The van der Waals surface area contributed by atoms with Crippen molar-refractivity contribution in [1.82, 2.24) is 10.6 Å². The molecule has 2 nitrogen and oxygen atoms in total. The van der Waals surface area contributed by atoms with Gasteiger partial charge in [-0.15, -0.1) is 0 Å². The average molecular weight is 392 g/mol. The zero-order chi connectivity index (χ0) is 14.5. The molecule has 0 saturated carbocycles. The highest BCUT2D eigenvalue weighted by Gasteiger charge is 2.25. The summed E-state index contributed by atoms with van der Waals surface area (Å²) in [6.45, 7) is 2.05. The summed E-state index contributed by atoms with van der Waals surface area (Å²) in [6.07, 6.45) is 2.48. The Balaban J connectivity index is 1.67. The van der Waals surface area contributed by atoms with E-state index >= 15 is 0 Å². The van der Waals surface area contributed by atoms with Crippen LogP contribution in [0.2, 0.25) is 0 Å². The first-order valence-corrected chi connectivity index (χ1v) is 8.67. The van der Waals surface area contributed by atoms with Gasteiger partial charge in [0.2, 0.25) is 0 Å². The standard InChI is InChI=1S/C18H21IN2/c19-16-9-4-6-14(12-16)13-21-17-10-5-11-20-18(17)15-7-2-1-3-8-15/h1-4,6-9,12,17-18,20-21H,5,10-11,13H2. The molecule has 110 valence electrons. The number of hydrogen-bond acceptors (Lipinski definition) is 2. The zero-order valence-electron chi connectivity index (χ0n) is 12.1. The largest absolute Gasteiger partial charge is 0.309 e. The molecule has 21 heavy (non-hydrogen) atoms. The molecule has 0 amide bonds. The Labute approximate surface area is 140 Å². The van der Waals surface area contributed by atoms with Gasteiger partial charge in [0.1, 0.15) is 0 Å². The van der Waals surface area contributed by atoms with Gasteiger partial charge in [0.15, 0.2) is 0 Å². The molecule has 1 aliphatic rings. The van der Waals surface area contributed by atoms with Gasteiger partial charge in [0.25, 0.3) is 0 Å². The number of piperidine rings is 1. The van der Waals surface area contributed by atoms with Crippen molar-refractivity contribution in [2.75, 3.05) is 6.54 Å². The molecule has 2 N–H and O–H groups in total. The highest BCUT2D eigenvalue weighted by atomic mass is 127. The molecule has 2 aromatic rings. The third kappa shape index (κ3) is 4.05. The summed E-state index contributed by atoms with van der Waals surface area (Å²) >= 11 is 2.37. The molecule has 3 rings (SSSR count). The molecule has 0 spiro atoms. The van der Waals surface area contributed by atoms with Crippen molar-refractivity contribution in [2.24, 2.45) is 0 Å². The van der Waals surface area contributed by atoms with Gasteiger partial charge in [-0.05, 0) is 65.2 Å². The lowest BCUT2D eigenvalue weighted by atomic mass is 9.92. The van der Waals surface area contributed by atoms with Crippen molar-refractivity contribution in [3.63, 3.8) is 0 Å². The molecule has 3 heteroatoms. The minimum absolute atomic E-state index is 0.419. The van der Waals surface area contributed by atoms with Gasteiger partial charge in [-0.2, -0.15) is 0 Å². The lowest BCUT2D eigenvalue weighted by molar-refractivity contribution is 0.304. The lowest BCUT2D eigenvalue weighted by Gasteiger charge is -2.34. The molecule has 1 aliphatic heterocycles. The third-order valence-corrected chi connectivity index (χ3v) is 4.75. The van der Waals surface area contributed by atoms with Crippen molar-refractivity contribution in [3.05, 3.63) is 69.3 Å². The van der Waals surface area contributed by atoms with Crippen LogP contribution < -0.4 is 10.6 Å². The van der Waals surface area contributed by atoms with Gasteiger partial charge in [-0.25, -0.2) is 0 Å². The summed E-state index contributed by atoms with van der Waals surface area (Å²) in [5.41, 5.74) is 2.75. The molecule has 1 fully saturated rings. The Bertz CT molecular complexity index is 570. The van der Waals surface area contributed by atoms with Gasteiger partial charge >= 0.3 is 0 Å². The fourth-order valence-corrected chi connectivity index (χ4v) is 3.62. The van der Waals surface area contributed by atoms with E-state index in [2.05, 4.69) is 87.8 Å². The number of rotatable bonds is 4. The number of hydrogen-bond donors (Lipinski definition) is 2. The summed E-state index contributed by atoms with van der Waals surface area (Å²) in [7, 11) is 0. The Kier molecular flexibility index (Phi) is 5.27. The second-order valence-corrected chi connectivity index (χ2v) is 6.85. The Morgan fingerprint density at radius 1 is 1.10 bits per heavy atom. The molecule has 2 atom stereocenters. The molecule has 0 bridgehead atoms. The van der Waals surface area contributed by atoms with E-state index in [-0.39, 0.29) is 0 Å². The van der Waals surface area contributed by atoms with E-state index in [1.807, 2.05) is 0 Å². The average Bonchev–Trinajstić information content (AvgIpc) is 2.54. The number of nitrogens with one attached hydrogen (secondary N) is 2. The van der Waals surface area contributed by atoms with Crippen molar-refractivity contribution in [1.29, 1.82) is 0 Å². The summed E-state index contributed by atoms with van der Waals surface area (Å²) in [6, 6.07) is 20.4. The minimum atomic E-state index is 0.419. The molecule has 2 unspecified atom stereocenters. The van der Waals surface area contributed by atoms with Crippen LogP contribution in [0.15, 0.2) is 54.6 Å². The van der Waals surface area contributed by atoms with Crippen LogP contribution in [0.4, 0.5) is 0 Å². The summed E-state index contributed by atoms with van der Waals surface area (Å²) in [5.74, 6) is 0. The summed E-state index contributed by atoms with van der Waals surface area (Å²) in [5, 5.41) is 7.42. The van der Waals surface area contributed by atoms with Crippen LogP contribution in [0.1, 0.15) is 30.0 Å². The van der Waals surface area contributed by atoms with Crippen molar-refractivity contribution >= 4 is 22.6 Å². The van der Waals surface area contributed by atoms with Crippen LogP contribution in [-0.2, 0) is 6.54 Å². The highest BCUT2D eigenvalue weighted by Crippen LogP contribution is 2.23. The number of halogens is 1. The van der Waals surface area contributed by atoms with Crippen LogP contribution in [0.25, 0.3) is 0 Å². The third-order valence-electron chi connectivity index (χ3n) is 4.07. The molecule has 1 heterocycles. The monoisotopic (exact) mass is 392 g/mol. The second kappa shape index (κ2) is 7.38. The summed E-state index contributed by atoms with van der Waals surface area (Å²) in [4.78, 5) is 0. The van der Waals surface area contributed by atoms with E-state index < -0.39 is 0 Å². The first kappa shape index (κ1) is 15.0. The van der Waals surface area contributed by atoms with Gasteiger partial charge in [-0.1, -0.05) is 42.5 Å². The molecule has 1 saturated heterocycles. The second-order valence-electron chi connectivity index (χ2n) is 5.60. The van der Waals surface area contributed by atoms with Crippen molar-refractivity contribution < 1.29 is 0 Å². The van der Waals surface area contributed by atoms with Gasteiger partial charge in [-0.3, -0.25) is 0 Å². The predicted molar refractivity (Wildman–Crippen MR) is 96.2 cm³/mol. The van der Waals surface area contributed by atoms with Gasteiger partial charge < -0.3 is 10.6 Å². The smallest absolute Gasteiger partial charge is 0.0476 e. The van der Waals surface area contributed by atoms with Crippen LogP contribution in [-0.4, -0.2) is 12.6 Å². The zero-order valence-corrected chi connectivity index (χ0v) is 14.2. The first-order valence-electron chi connectivity index (χ1n) is 7.59. The fraction of sp³-hybridized carbons (Fsp3) is 0.333. The fourth-order valence-electron chi connectivity index (χ4n) is 3.01. The lowest BCUT2D eigenvalue weighted by Crippen LogP contribution is -2.45. The van der Waals surface area contributed by atoms with E-state index in [4.69, 9.17) is 0 Å². The minimum Gasteiger partial charge on any atom is -0.309 e. The molecular weight excluding hydrogens is 371 g/mol. The van der Waals surface area contributed by atoms with E-state index in [1.54, 1.807) is 0 Å². The maximum atomic E-state index is 3.75. The summed E-state index contributed by atoms with van der Waals surface area (Å²) < 4.78 is 1.30. The highest BCUT2D eigenvalue weighted by molar-refractivity contribution is 14.1. The maximum Gasteiger partial charge on any atom is 0.0476 e. The predicted octanol–water partition coefficient (Wildman–Crippen LogP) is 3.87. The number of benzene rings is 2. The maximum absolute atomic E-state index is 3.75. The van der Waals surface area contributed by atoms with Crippen molar-refractivity contribution in [3.8, 4) is 0 Å². The molecule has 0 aromatic heterocycles. The van der Waals surface area contributed by atoms with E-state index in [0.717, 1.165) is 13.1 Å². The topological polar surface area (TPSA) is 24.1 Å². The van der Waals surface area contributed by atoms with Crippen LogP contribution in [0.3, 0.4) is 0 Å². The Morgan fingerprint density at radius 3 is 2.76 bits per heavy atom. The molecular formula is C18H21IN2. The SMILES string of the molecule is Ic1cccc(CNC2CCCNC2c2ccccc2)c1. The van der Waals surface area contributed by atoms with E-state index in [0.29, 0.717) is 12.1 Å². The Hall–Kier alpha value is -0.910. The van der Waals surface area contributed by atoms with Gasteiger partial charge in [0, 0.05) is 22.2 Å². The van der Waals surface area contributed by atoms with Crippen molar-refractivity contribution in [2.45, 2.75) is 31.5 Å². The normalized spacial score (nSPS) is 22.1. The first-order chi connectivity index (χ1) is 10.3. The molecule has 2 aromatic carbocycles. The van der Waals surface area contributed by atoms with E-state index in [9.17, 15) is 0 Å². The van der Waals surface area contributed by atoms with Crippen LogP contribution in [0, 0.1) is 3.57 Å². The Morgan fingerprint density at radius 2 is 1.95 bits per heavy atom. The molecule has 0 aliphatic carbocycles. The van der Waals surface area contributed by atoms with Gasteiger partial charge in [0.05, 0.1) is 0 Å². The molecule has 0 radical (unpaired) electrons. The van der Waals surface area contributed by atoms with E-state index in [1.165, 1.54) is 27.5 Å². The van der Waals surface area contributed by atoms with Crippen LogP contribution in [0.5, 0.6) is 0 Å².